The number of hydrogen-bond acceptors (Lipinski definition) is 2. The summed E-state index contributed by atoms with van der Waals surface area (Å²) >= 11 is 0. The lowest BCUT2D eigenvalue weighted by Crippen LogP contribution is -2.25. The third kappa shape index (κ3) is 4.63. The first-order valence-corrected chi connectivity index (χ1v) is 6.80. The summed E-state index contributed by atoms with van der Waals surface area (Å²) in [5.41, 5.74) is 2.43. The largest absolute Gasteiger partial charge is 0.372 e. The summed E-state index contributed by atoms with van der Waals surface area (Å²) in [5, 5.41) is 3.55. The van der Waals surface area contributed by atoms with Crippen LogP contribution < -0.4 is 5.32 Å². The molecule has 1 aliphatic rings. The molecule has 0 aromatic heterocycles. The maximum Gasteiger partial charge on any atom is 0.0949 e. The van der Waals surface area contributed by atoms with Gasteiger partial charge in [0.15, 0.2) is 0 Å². The SMILES string of the molecule is C=C(C)CCOC(CNC1CC1)c1ccccc1. The highest BCUT2D eigenvalue weighted by molar-refractivity contribution is 5.18. The van der Waals surface area contributed by atoms with Gasteiger partial charge < -0.3 is 10.1 Å². The van der Waals surface area contributed by atoms with Crippen molar-refractivity contribution in [2.24, 2.45) is 0 Å². The topological polar surface area (TPSA) is 21.3 Å². The molecule has 1 aromatic rings. The van der Waals surface area contributed by atoms with Gasteiger partial charge in [-0.1, -0.05) is 35.9 Å². The summed E-state index contributed by atoms with van der Waals surface area (Å²) in [4.78, 5) is 0. The molecule has 2 rings (SSSR count). The number of ether oxygens (including phenoxy) is 1. The van der Waals surface area contributed by atoms with Crippen molar-refractivity contribution in [3.05, 3.63) is 48.0 Å². The van der Waals surface area contributed by atoms with E-state index in [9.17, 15) is 0 Å². The molecular weight excluding hydrogens is 222 g/mol. The number of hydrogen-bond donors (Lipinski definition) is 1. The number of nitrogens with one attached hydrogen (secondary N) is 1. The van der Waals surface area contributed by atoms with Crippen LogP contribution in [0.3, 0.4) is 0 Å². The summed E-state index contributed by atoms with van der Waals surface area (Å²) < 4.78 is 5.99. The molecule has 18 heavy (non-hydrogen) atoms. The standard InChI is InChI=1S/C16H23NO/c1-13(2)10-11-18-16(12-17-15-8-9-15)14-6-4-3-5-7-14/h3-7,15-17H,1,8-12H2,2H3. The molecule has 0 amide bonds. The molecule has 1 unspecified atom stereocenters. The van der Waals surface area contributed by atoms with E-state index in [0.717, 1.165) is 25.6 Å². The van der Waals surface area contributed by atoms with Gasteiger partial charge in [0.25, 0.3) is 0 Å². The minimum absolute atomic E-state index is 0.158. The third-order valence-corrected chi connectivity index (χ3v) is 3.19. The first kappa shape index (κ1) is 13.3. The van der Waals surface area contributed by atoms with Gasteiger partial charge >= 0.3 is 0 Å². The Kier molecular flexibility index (Phi) is 4.97. The van der Waals surface area contributed by atoms with E-state index in [-0.39, 0.29) is 6.10 Å². The first-order chi connectivity index (χ1) is 8.75. The van der Waals surface area contributed by atoms with Crippen LogP contribution in [-0.2, 0) is 4.74 Å². The number of rotatable bonds is 8. The van der Waals surface area contributed by atoms with Crippen LogP contribution in [0.15, 0.2) is 42.5 Å². The zero-order chi connectivity index (χ0) is 12.8. The summed E-state index contributed by atoms with van der Waals surface area (Å²) in [6.45, 7) is 7.62. The van der Waals surface area contributed by atoms with Crippen LogP contribution in [0.2, 0.25) is 0 Å². The van der Waals surface area contributed by atoms with Gasteiger partial charge in [-0.25, -0.2) is 0 Å². The van der Waals surface area contributed by atoms with Crippen LogP contribution in [-0.4, -0.2) is 19.2 Å². The molecule has 1 fully saturated rings. The maximum absolute atomic E-state index is 5.99. The van der Waals surface area contributed by atoms with Crippen LogP contribution in [0, 0.1) is 0 Å². The fourth-order valence-corrected chi connectivity index (χ4v) is 1.88. The fourth-order valence-electron chi connectivity index (χ4n) is 1.88. The molecule has 1 atom stereocenters. The van der Waals surface area contributed by atoms with Gasteiger partial charge in [0.05, 0.1) is 12.7 Å². The Hall–Kier alpha value is -1.12. The molecule has 0 spiro atoms. The monoisotopic (exact) mass is 245 g/mol. The minimum atomic E-state index is 0.158. The van der Waals surface area contributed by atoms with Crippen molar-refractivity contribution in [2.45, 2.75) is 38.3 Å². The van der Waals surface area contributed by atoms with E-state index in [1.165, 1.54) is 24.0 Å². The first-order valence-electron chi connectivity index (χ1n) is 6.80. The van der Waals surface area contributed by atoms with Crippen LogP contribution in [0.5, 0.6) is 0 Å². The van der Waals surface area contributed by atoms with Gasteiger partial charge in [0.2, 0.25) is 0 Å². The van der Waals surface area contributed by atoms with Crippen LogP contribution in [0.25, 0.3) is 0 Å². The van der Waals surface area contributed by atoms with Gasteiger partial charge in [-0.05, 0) is 31.7 Å². The lowest BCUT2D eigenvalue weighted by atomic mass is 10.1. The van der Waals surface area contributed by atoms with E-state index in [4.69, 9.17) is 4.74 Å². The van der Waals surface area contributed by atoms with Gasteiger partial charge in [-0.15, -0.1) is 6.58 Å². The van der Waals surface area contributed by atoms with E-state index in [1.807, 2.05) is 13.0 Å². The van der Waals surface area contributed by atoms with Gasteiger partial charge in [-0.3, -0.25) is 0 Å². The van der Waals surface area contributed by atoms with Crippen molar-refractivity contribution >= 4 is 0 Å². The minimum Gasteiger partial charge on any atom is -0.372 e. The normalized spacial score (nSPS) is 16.5. The molecule has 1 aromatic carbocycles. The molecule has 0 aliphatic heterocycles. The van der Waals surface area contributed by atoms with E-state index < -0.39 is 0 Å². The Morgan fingerprint density at radius 1 is 1.39 bits per heavy atom. The lowest BCUT2D eigenvalue weighted by molar-refractivity contribution is 0.0545. The highest BCUT2D eigenvalue weighted by Gasteiger charge is 2.22. The summed E-state index contributed by atoms with van der Waals surface area (Å²) in [6.07, 6.45) is 3.72. The van der Waals surface area contributed by atoms with E-state index in [0.29, 0.717) is 0 Å². The summed E-state index contributed by atoms with van der Waals surface area (Å²) in [5.74, 6) is 0. The average Bonchev–Trinajstić information content (AvgIpc) is 3.18. The molecule has 1 N–H and O–H groups in total. The second-order valence-electron chi connectivity index (χ2n) is 5.16. The highest BCUT2D eigenvalue weighted by atomic mass is 16.5. The molecule has 2 heteroatoms. The van der Waals surface area contributed by atoms with Crippen molar-refractivity contribution < 1.29 is 4.74 Å². The predicted molar refractivity (Wildman–Crippen MR) is 75.6 cm³/mol. The predicted octanol–water partition coefficient (Wildman–Crippen LogP) is 3.46. The van der Waals surface area contributed by atoms with Crippen LogP contribution in [0.4, 0.5) is 0 Å². The molecule has 1 aliphatic carbocycles. The summed E-state index contributed by atoms with van der Waals surface area (Å²) in [6, 6.07) is 11.2. The molecule has 98 valence electrons. The van der Waals surface area contributed by atoms with Crippen LogP contribution >= 0.6 is 0 Å². The second-order valence-corrected chi connectivity index (χ2v) is 5.16. The average molecular weight is 245 g/mol. The Morgan fingerprint density at radius 3 is 2.72 bits per heavy atom. The molecule has 1 saturated carbocycles. The second kappa shape index (κ2) is 6.72. The maximum atomic E-state index is 5.99. The quantitative estimate of drug-likeness (QED) is 0.708. The lowest BCUT2D eigenvalue weighted by Gasteiger charge is -2.19. The van der Waals surface area contributed by atoms with Crippen molar-refractivity contribution in [3.8, 4) is 0 Å². The van der Waals surface area contributed by atoms with Gasteiger partial charge in [-0.2, -0.15) is 0 Å². The molecule has 0 radical (unpaired) electrons. The van der Waals surface area contributed by atoms with Crippen LogP contribution in [0.1, 0.15) is 37.9 Å². The molecule has 2 nitrogen and oxygen atoms in total. The summed E-state index contributed by atoms with van der Waals surface area (Å²) in [7, 11) is 0. The van der Waals surface area contributed by atoms with Crippen molar-refractivity contribution in [1.29, 1.82) is 0 Å². The van der Waals surface area contributed by atoms with Crippen molar-refractivity contribution in [2.75, 3.05) is 13.2 Å². The van der Waals surface area contributed by atoms with Gasteiger partial charge in [0, 0.05) is 12.6 Å². The molecule has 0 bridgehead atoms. The smallest absolute Gasteiger partial charge is 0.0949 e. The van der Waals surface area contributed by atoms with Crippen molar-refractivity contribution in [1.82, 2.24) is 5.32 Å². The Labute approximate surface area is 110 Å². The zero-order valence-corrected chi connectivity index (χ0v) is 11.2. The van der Waals surface area contributed by atoms with Crippen molar-refractivity contribution in [3.63, 3.8) is 0 Å². The number of benzene rings is 1. The third-order valence-electron chi connectivity index (χ3n) is 3.19. The Bertz CT molecular complexity index is 370. The molecule has 0 saturated heterocycles. The molecular formula is C16H23NO. The van der Waals surface area contributed by atoms with E-state index in [2.05, 4.69) is 36.2 Å². The Balaban J connectivity index is 1.86. The Morgan fingerprint density at radius 2 is 2.11 bits per heavy atom. The van der Waals surface area contributed by atoms with E-state index >= 15 is 0 Å². The fraction of sp³-hybridized carbons (Fsp3) is 0.500. The van der Waals surface area contributed by atoms with Gasteiger partial charge in [0.1, 0.15) is 0 Å². The van der Waals surface area contributed by atoms with E-state index in [1.54, 1.807) is 0 Å². The highest BCUT2D eigenvalue weighted by Crippen LogP contribution is 2.22. The molecule has 0 heterocycles. The zero-order valence-electron chi connectivity index (χ0n) is 11.2.